The molecule has 1 heterocycles. The van der Waals surface area contributed by atoms with Crippen LogP contribution in [-0.2, 0) is 14.8 Å². The van der Waals surface area contributed by atoms with E-state index in [4.69, 9.17) is 5.11 Å². The van der Waals surface area contributed by atoms with Gasteiger partial charge >= 0.3 is 5.97 Å². The largest absolute Gasteiger partial charge is 0.480 e. The summed E-state index contributed by atoms with van der Waals surface area (Å²) in [5.74, 6) is -0.398. The van der Waals surface area contributed by atoms with Crippen molar-refractivity contribution in [3.63, 3.8) is 0 Å². The molecule has 25 heavy (non-hydrogen) atoms. The molecule has 0 bridgehead atoms. The van der Waals surface area contributed by atoms with Crippen LogP contribution in [0.25, 0.3) is 0 Å². The third-order valence-electron chi connectivity index (χ3n) is 4.38. The number of sulfonamides is 1. The predicted molar refractivity (Wildman–Crippen MR) is 99.8 cm³/mol. The fourth-order valence-electron chi connectivity index (χ4n) is 2.97. The van der Waals surface area contributed by atoms with Crippen molar-refractivity contribution in [1.82, 2.24) is 9.62 Å². The van der Waals surface area contributed by atoms with E-state index in [0.717, 1.165) is 18.4 Å². The molecule has 0 radical (unpaired) electrons. The minimum absolute atomic E-state index is 0. The van der Waals surface area contributed by atoms with Crippen LogP contribution in [0.5, 0.6) is 0 Å². The molecule has 1 saturated heterocycles. The third kappa shape index (κ3) is 5.95. The molecule has 1 unspecified atom stereocenters. The highest BCUT2D eigenvalue weighted by molar-refractivity contribution is 7.89. The molecule has 1 aliphatic rings. The lowest BCUT2D eigenvalue weighted by Crippen LogP contribution is -2.43. The van der Waals surface area contributed by atoms with Crippen LogP contribution in [0.3, 0.4) is 0 Å². The number of carboxylic acids is 1. The van der Waals surface area contributed by atoms with Gasteiger partial charge in [-0.3, -0.25) is 4.79 Å². The second-order valence-corrected chi connectivity index (χ2v) is 8.56. The fraction of sp³-hybridized carbons (Fsp3) is 0.588. The third-order valence-corrected chi connectivity index (χ3v) is 6.25. The molecule has 2 rings (SSSR count). The lowest BCUT2D eigenvalue weighted by atomic mass is 10.00. The molecule has 1 aliphatic heterocycles. The number of aliphatic carboxylic acids is 1. The smallest absolute Gasteiger partial charge is 0.317 e. The van der Waals surface area contributed by atoms with Crippen LogP contribution in [0.4, 0.5) is 0 Å². The Hall–Kier alpha value is -1.15. The number of hydrogen-bond acceptors (Lipinski definition) is 4. The summed E-state index contributed by atoms with van der Waals surface area (Å²) in [5.41, 5.74) is 1.11. The van der Waals surface area contributed by atoms with Crippen molar-refractivity contribution in [2.45, 2.75) is 37.5 Å². The van der Waals surface area contributed by atoms with E-state index >= 15 is 0 Å². The first kappa shape index (κ1) is 21.9. The van der Waals surface area contributed by atoms with Gasteiger partial charge in [0.2, 0.25) is 10.0 Å². The number of nitrogens with zero attached hydrogens (tertiary/aromatic N) is 1. The Kier molecular flexibility index (Phi) is 8.34. The van der Waals surface area contributed by atoms with Crippen LogP contribution in [0.2, 0.25) is 0 Å². The highest BCUT2D eigenvalue weighted by atomic mass is 35.5. The molecule has 0 saturated carbocycles. The zero-order chi connectivity index (χ0) is 17.7. The van der Waals surface area contributed by atoms with E-state index in [-0.39, 0.29) is 24.9 Å². The topological polar surface area (TPSA) is 86.7 Å². The van der Waals surface area contributed by atoms with Gasteiger partial charge in [0.1, 0.15) is 0 Å². The maximum Gasteiger partial charge on any atom is 0.317 e. The van der Waals surface area contributed by atoms with Gasteiger partial charge in [-0.05, 0) is 48.9 Å². The van der Waals surface area contributed by atoms with E-state index in [2.05, 4.69) is 19.2 Å². The number of rotatable bonds is 7. The minimum Gasteiger partial charge on any atom is -0.480 e. The number of halogens is 1. The van der Waals surface area contributed by atoms with Gasteiger partial charge in [-0.25, -0.2) is 8.42 Å². The number of carbonyl (C=O) groups is 1. The number of benzene rings is 1. The van der Waals surface area contributed by atoms with E-state index in [0.29, 0.717) is 30.4 Å². The number of nitrogens with one attached hydrogen (secondary N) is 1. The van der Waals surface area contributed by atoms with Crippen LogP contribution in [0.15, 0.2) is 29.2 Å². The van der Waals surface area contributed by atoms with Crippen molar-refractivity contribution in [1.29, 1.82) is 0 Å². The van der Waals surface area contributed by atoms with Crippen molar-refractivity contribution in [3.8, 4) is 0 Å². The zero-order valence-electron chi connectivity index (χ0n) is 14.6. The molecule has 0 aromatic heterocycles. The highest BCUT2D eigenvalue weighted by Crippen LogP contribution is 2.25. The van der Waals surface area contributed by atoms with Crippen molar-refractivity contribution >= 4 is 28.4 Å². The van der Waals surface area contributed by atoms with Gasteiger partial charge in [0.15, 0.2) is 0 Å². The van der Waals surface area contributed by atoms with Gasteiger partial charge in [0.25, 0.3) is 0 Å². The normalized spacial score (nSPS) is 18.8. The number of piperidine rings is 1. The van der Waals surface area contributed by atoms with Crippen molar-refractivity contribution < 1.29 is 18.3 Å². The average molecular weight is 391 g/mol. The molecule has 8 heteroatoms. The summed E-state index contributed by atoms with van der Waals surface area (Å²) in [6.45, 7) is 5.51. The van der Waals surface area contributed by atoms with Gasteiger partial charge in [-0.1, -0.05) is 26.0 Å². The Morgan fingerprint density at radius 3 is 2.52 bits per heavy atom. The standard InChI is InChI=1S/C17H26N2O4S.ClH/c1-13(2)15-5-7-16(8-6-15)24(22,23)19-9-3-4-14(12-19)10-18-11-17(20)21;/h5-8,13-14,18H,3-4,9-12H2,1-2H3,(H,20,21);1H. The first-order chi connectivity index (χ1) is 11.3. The molecule has 0 aliphatic carbocycles. The molecule has 1 fully saturated rings. The molecule has 142 valence electrons. The Morgan fingerprint density at radius 1 is 1.32 bits per heavy atom. The summed E-state index contributed by atoms with van der Waals surface area (Å²) in [4.78, 5) is 10.9. The molecular weight excluding hydrogens is 364 g/mol. The lowest BCUT2D eigenvalue weighted by Gasteiger charge is -2.32. The van der Waals surface area contributed by atoms with Gasteiger partial charge in [0, 0.05) is 13.1 Å². The van der Waals surface area contributed by atoms with Crippen LogP contribution in [-0.4, -0.2) is 50.0 Å². The van der Waals surface area contributed by atoms with E-state index in [1.807, 2.05) is 12.1 Å². The quantitative estimate of drug-likeness (QED) is 0.746. The lowest BCUT2D eigenvalue weighted by molar-refractivity contribution is -0.136. The fourth-order valence-corrected chi connectivity index (χ4v) is 4.52. The summed E-state index contributed by atoms with van der Waals surface area (Å²) in [6.07, 6.45) is 1.70. The van der Waals surface area contributed by atoms with Crippen molar-refractivity contribution in [3.05, 3.63) is 29.8 Å². The number of carboxylic acid groups (broad SMARTS) is 1. The summed E-state index contributed by atoms with van der Waals surface area (Å²) in [5, 5.41) is 11.5. The molecule has 1 aromatic rings. The molecule has 0 spiro atoms. The Morgan fingerprint density at radius 2 is 1.96 bits per heavy atom. The van der Waals surface area contributed by atoms with Crippen molar-refractivity contribution in [2.24, 2.45) is 5.92 Å². The molecule has 2 N–H and O–H groups in total. The summed E-state index contributed by atoms with van der Waals surface area (Å²) in [7, 11) is -3.49. The Balaban J connectivity index is 0.00000312. The predicted octanol–water partition coefficient (Wildman–Crippen LogP) is 2.31. The number of hydrogen-bond donors (Lipinski definition) is 2. The van der Waals surface area contributed by atoms with Crippen LogP contribution >= 0.6 is 12.4 Å². The summed E-state index contributed by atoms with van der Waals surface area (Å²) >= 11 is 0. The minimum atomic E-state index is -3.49. The van der Waals surface area contributed by atoms with Gasteiger partial charge in [-0.2, -0.15) is 4.31 Å². The second kappa shape index (κ2) is 9.52. The molecule has 0 amide bonds. The van der Waals surface area contributed by atoms with Gasteiger partial charge < -0.3 is 10.4 Å². The van der Waals surface area contributed by atoms with Gasteiger partial charge in [0.05, 0.1) is 11.4 Å². The zero-order valence-corrected chi connectivity index (χ0v) is 16.3. The van der Waals surface area contributed by atoms with Crippen LogP contribution in [0, 0.1) is 5.92 Å². The Labute approximate surface area is 156 Å². The first-order valence-corrected chi connectivity index (χ1v) is 9.77. The SMILES string of the molecule is CC(C)c1ccc(S(=O)(=O)N2CCCC(CNCC(=O)O)C2)cc1.Cl. The maximum atomic E-state index is 12.8. The first-order valence-electron chi connectivity index (χ1n) is 8.33. The molecule has 1 aromatic carbocycles. The molecular formula is C17H27ClN2O4S. The average Bonchev–Trinajstić information content (AvgIpc) is 2.55. The molecule has 6 nitrogen and oxygen atoms in total. The van der Waals surface area contributed by atoms with Crippen LogP contribution in [0.1, 0.15) is 38.2 Å². The van der Waals surface area contributed by atoms with E-state index in [1.165, 1.54) is 4.31 Å². The van der Waals surface area contributed by atoms with E-state index in [9.17, 15) is 13.2 Å². The van der Waals surface area contributed by atoms with E-state index < -0.39 is 16.0 Å². The van der Waals surface area contributed by atoms with E-state index in [1.54, 1.807) is 12.1 Å². The monoisotopic (exact) mass is 390 g/mol. The second-order valence-electron chi connectivity index (χ2n) is 6.62. The summed E-state index contributed by atoms with van der Waals surface area (Å²) in [6, 6.07) is 7.09. The van der Waals surface area contributed by atoms with Crippen LogP contribution < -0.4 is 5.32 Å². The highest BCUT2D eigenvalue weighted by Gasteiger charge is 2.30. The van der Waals surface area contributed by atoms with Crippen molar-refractivity contribution in [2.75, 3.05) is 26.2 Å². The maximum absolute atomic E-state index is 12.8. The molecule has 1 atom stereocenters. The Bertz CT molecular complexity index is 662. The summed E-state index contributed by atoms with van der Waals surface area (Å²) < 4.78 is 27.1. The van der Waals surface area contributed by atoms with Gasteiger partial charge in [-0.15, -0.1) is 12.4 Å².